The third-order valence-corrected chi connectivity index (χ3v) is 3.48. The molecular formula is C16H19NO6. The zero-order valence-electron chi connectivity index (χ0n) is 13.0. The van der Waals surface area contributed by atoms with Crippen LogP contribution in [-0.4, -0.2) is 61.9 Å². The molecule has 1 unspecified atom stereocenters. The standard InChI is InChI=1S/C16H19NO6/c1-21-12-5-3-11(9-13(12)22-2)4-6-15(18)17-7-8-23-14(10-17)16(19)20/h3-6,9,14H,7-8,10H2,1-2H3,(H,19,20)/b6-4+. The van der Waals surface area contributed by atoms with Crippen molar-refractivity contribution >= 4 is 18.0 Å². The number of carbonyl (C=O) groups is 2. The van der Waals surface area contributed by atoms with E-state index in [1.165, 1.54) is 18.1 Å². The van der Waals surface area contributed by atoms with Gasteiger partial charge in [-0.2, -0.15) is 0 Å². The summed E-state index contributed by atoms with van der Waals surface area (Å²) in [6, 6.07) is 5.30. The summed E-state index contributed by atoms with van der Waals surface area (Å²) in [6.45, 7) is 0.635. The number of carboxylic acids is 1. The minimum absolute atomic E-state index is 0.0461. The van der Waals surface area contributed by atoms with Gasteiger partial charge in [-0.3, -0.25) is 4.79 Å². The number of carboxylic acid groups (broad SMARTS) is 1. The van der Waals surface area contributed by atoms with Crippen LogP contribution in [0.15, 0.2) is 24.3 Å². The predicted octanol–water partition coefficient (Wildman–Crippen LogP) is 1.03. The average Bonchev–Trinajstić information content (AvgIpc) is 2.59. The number of benzene rings is 1. The first-order valence-corrected chi connectivity index (χ1v) is 7.08. The van der Waals surface area contributed by atoms with E-state index in [4.69, 9.17) is 19.3 Å². The topological polar surface area (TPSA) is 85.3 Å². The first kappa shape index (κ1) is 16.8. The Labute approximate surface area is 134 Å². The molecule has 1 aromatic carbocycles. The van der Waals surface area contributed by atoms with Crippen LogP contribution in [0, 0.1) is 0 Å². The molecule has 7 nitrogen and oxygen atoms in total. The van der Waals surface area contributed by atoms with Gasteiger partial charge in [0.05, 0.1) is 27.4 Å². The van der Waals surface area contributed by atoms with Crippen LogP contribution in [0.3, 0.4) is 0 Å². The normalized spacial score (nSPS) is 18.0. The molecule has 0 aromatic heterocycles. The largest absolute Gasteiger partial charge is 0.493 e. The van der Waals surface area contributed by atoms with Crippen molar-refractivity contribution in [2.45, 2.75) is 6.10 Å². The minimum Gasteiger partial charge on any atom is -0.493 e. The van der Waals surface area contributed by atoms with E-state index in [1.54, 1.807) is 31.4 Å². The molecule has 2 rings (SSSR count). The van der Waals surface area contributed by atoms with Crippen molar-refractivity contribution in [3.8, 4) is 11.5 Å². The molecule has 1 N–H and O–H groups in total. The number of methoxy groups -OCH3 is 2. The van der Waals surface area contributed by atoms with Crippen molar-refractivity contribution in [3.63, 3.8) is 0 Å². The quantitative estimate of drug-likeness (QED) is 0.815. The number of rotatable bonds is 5. The molecule has 1 atom stereocenters. The van der Waals surface area contributed by atoms with Crippen molar-refractivity contribution in [3.05, 3.63) is 29.8 Å². The van der Waals surface area contributed by atoms with E-state index in [1.807, 2.05) is 0 Å². The van der Waals surface area contributed by atoms with Crippen molar-refractivity contribution in [1.82, 2.24) is 4.90 Å². The maximum atomic E-state index is 12.2. The summed E-state index contributed by atoms with van der Waals surface area (Å²) in [4.78, 5) is 24.5. The van der Waals surface area contributed by atoms with Crippen LogP contribution in [0.5, 0.6) is 11.5 Å². The fourth-order valence-electron chi connectivity index (χ4n) is 2.23. The van der Waals surface area contributed by atoms with Crippen LogP contribution < -0.4 is 9.47 Å². The Morgan fingerprint density at radius 1 is 1.30 bits per heavy atom. The summed E-state index contributed by atoms with van der Waals surface area (Å²) in [5.74, 6) is -0.145. The predicted molar refractivity (Wildman–Crippen MR) is 82.5 cm³/mol. The number of nitrogens with zero attached hydrogens (tertiary/aromatic N) is 1. The fraction of sp³-hybridized carbons (Fsp3) is 0.375. The molecule has 0 spiro atoms. The molecule has 0 aliphatic carbocycles. The van der Waals surface area contributed by atoms with Gasteiger partial charge < -0.3 is 24.2 Å². The van der Waals surface area contributed by atoms with Gasteiger partial charge in [-0.25, -0.2) is 4.79 Å². The summed E-state index contributed by atoms with van der Waals surface area (Å²) in [5.41, 5.74) is 0.777. The third-order valence-electron chi connectivity index (χ3n) is 3.48. The van der Waals surface area contributed by atoms with Gasteiger partial charge in [0.1, 0.15) is 0 Å². The molecule has 23 heavy (non-hydrogen) atoms. The Kier molecular flexibility index (Phi) is 5.59. The number of hydrogen-bond donors (Lipinski definition) is 1. The van der Waals surface area contributed by atoms with Gasteiger partial charge in [0.2, 0.25) is 5.91 Å². The molecule has 124 valence electrons. The van der Waals surface area contributed by atoms with Crippen LogP contribution in [0.1, 0.15) is 5.56 Å². The highest BCUT2D eigenvalue weighted by atomic mass is 16.5. The highest BCUT2D eigenvalue weighted by molar-refractivity contribution is 5.92. The second-order valence-electron chi connectivity index (χ2n) is 4.93. The molecule has 7 heteroatoms. The first-order chi connectivity index (χ1) is 11.0. The zero-order valence-corrected chi connectivity index (χ0v) is 13.0. The van der Waals surface area contributed by atoms with E-state index in [2.05, 4.69) is 0 Å². The molecule has 1 aromatic rings. The maximum absolute atomic E-state index is 12.2. The van der Waals surface area contributed by atoms with E-state index in [0.29, 0.717) is 18.0 Å². The molecule has 1 fully saturated rings. The molecule has 1 aliphatic heterocycles. The smallest absolute Gasteiger partial charge is 0.334 e. The lowest BCUT2D eigenvalue weighted by molar-refractivity contribution is -0.158. The Bertz CT molecular complexity index is 613. The van der Waals surface area contributed by atoms with Gasteiger partial charge in [-0.05, 0) is 23.8 Å². The number of aliphatic carboxylic acids is 1. The number of ether oxygens (including phenoxy) is 3. The van der Waals surface area contributed by atoms with Crippen LogP contribution in [0.2, 0.25) is 0 Å². The van der Waals surface area contributed by atoms with E-state index in [0.717, 1.165) is 5.56 Å². The molecule has 1 saturated heterocycles. The number of morpholine rings is 1. The second-order valence-corrected chi connectivity index (χ2v) is 4.93. The minimum atomic E-state index is -1.06. The summed E-state index contributed by atoms with van der Waals surface area (Å²) in [5, 5.41) is 8.95. The van der Waals surface area contributed by atoms with Crippen molar-refractivity contribution in [2.24, 2.45) is 0 Å². The highest BCUT2D eigenvalue weighted by Gasteiger charge is 2.27. The van der Waals surface area contributed by atoms with E-state index in [-0.39, 0.29) is 19.1 Å². The number of hydrogen-bond acceptors (Lipinski definition) is 5. The van der Waals surface area contributed by atoms with Gasteiger partial charge >= 0.3 is 5.97 Å². The molecule has 1 aliphatic rings. The van der Waals surface area contributed by atoms with Gasteiger partial charge in [0.25, 0.3) is 0 Å². The highest BCUT2D eigenvalue weighted by Crippen LogP contribution is 2.28. The first-order valence-electron chi connectivity index (χ1n) is 7.08. The summed E-state index contributed by atoms with van der Waals surface area (Å²) in [7, 11) is 3.09. The zero-order chi connectivity index (χ0) is 16.8. The molecule has 0 saturated carbocycles. The van der Waals surface area contributed by atoms with Crippen LogP contribution in [0.25, 0.3) is 6.08 Å². The molecule has 0 radical (unpaired) electrons. The van der Waals surface area contributed by atoms with Gasteiger partial charge in [-0.1, -0.05) is 6.07 Å². The third kappa shape index (κ3) is 4.23. The Balaban J connectivity index is 2.04. The number of carbonyl (C=O) groups excluding carboxylic acids is 1. The van der Waals surface area contributed by atoms with Crippen LogP contribution in [0.4, 0.5) is 0 Å². The van der Waals surface area contributed by atoms with Crippen molar-refractivity contribution < 1.29 is 28.9 Å². The number of amides is 1. The Hall–Kier alpha value is -2.54. The van der Waals surface area contributed by atoms with Crippen molar-refractivity contribution in [2.75, 3.05) is 33.9 Å². The average molecular weight is 321 g/mol. The Morgan fingerprint density at radius 3 is 2.70 bits per heavy atom. The monoisotopic (exact) mass is 321 g/mol. The second kappa shape index (κ2) is 7.64. The molecule has 0 bridgehead atoms. The molecule has 1 heterocycles. The SMILES string of the molecule is COc1ccc(/C=C/C(=O)N2CCOC(C(=O)O)C2)cc1OC. The van der Waals surface area contributed by atoms with Crippen LogP contribution >= 0.6 is 0 Å². The van der Waals surface area contributed by atoms with E-state index in [9.17, 15) is 9.59 Å². The van der Waals surface area contributed by atoms with E-state index >= 15 is 0 Å². The van der Waals surface area contributed by atoms with Gasteiger partial charge in [0.15, 0.2) is 17.6 Å². The van der Waals surface area contributed by atoms with Crippen molar-refractivity contribution in [1.29, 1.82) is 0 Å². The lowest BCUT2D eigenvalue weighted by Crippen LogP contribution is -2.48. The summed E-state index contributed by atoms with van der Waals surface area (Å²) >= 11 is 0. The van der Waals surface area contributed by atoms with Gasteiger partial charge in [-0.15, -0.1) is 0 Å². The molecule has 1 amide bonds. The lowest BCUT2D eigenvalue weighted by atomic mass is 10.2. The summed E-state index contributed by atoms with van der Waals surface area (Å²) < 4.78 is 15.4. The van der Waals surface area contributed by atoms with Crippen LogP contribution in [-0.2, 0) is 14.3 Å². The van der Waals surface area contributed by atoms with E-state index < -0.39 is 12.1 Å². The maximum Gasteiger partial charge on any atom is 0.334 e. The Morgan fingerprint density at radius 2 is 2.04 bits per heavy atom. The summed E-state index contributed by atoms with van der Waals surface area (Å²) in [6.07, 6.45) is 2.09. The van der Waals surface area contributed by atoms with Gasteiger partial charge in [0, 0.05) is 12.6 Å². The fourth-order valence-corrected chi connectivity index (χ4v) is 2.23. The molecular weight excluding hydrogens is 302 g/mol. The lowest BCUT2D eigenvalue weighted by Gasteiger charge is -2.30.